The van der Waals surface area contributed by atoms with E-state index < -0.39 is 10.0 Å². The first-order valence-electron chi connectivity index (χ1n) is 3.99. The van der Waals surface area contributed by atoms with Crippen LogP contribution in [0.25, 0.3) is 0 Å². The summed E-state index contributed by atoms with van der Waals surface area (Å²) in [5.74, 6) is -0.252. The maximum Gasteiger partial charge on any atom is 0.213 e. The lowest BCUT2D eigenvalue weighted by molar-refractivity contribution is 0.101. The van der Waals surface area contributed by atoms with Gasteiger partial charge in [0.25, 0.3) is 0 Å². The summed E-state index contributed by atoms with van der Waals surface area (Å²) in [4.78, 5) is 10.9. The standard InChI is InChI=1S/C9H11NO3S/c1-7(11)9-4-2-8(3-5-9)6-14(10,12)13/h2-5H,6H2,1H3,(H2,10,12,13). The van der Waals surface area contributed by atoms with E-state index in [1.807, 2.05) is 0 Å². The van der Waals surface area contributed by atoms with E-state index in [2.05, 4.69) is 0 Å². The molecule has 0 fully saturated rings. The number of carbonyl (C=O) groups excluding carboxylic acids is 1. The van der Waals surface area contributed by atoms with Crippen molar-refractivity contribution < 1.29 is 13.2 Å². The number of nitrogens with two attached hydrogens (primary N) is 1. The number of carbonyl (C=O) groups is 1. The summed E-state index contributed by atoms with van der Waals surface area (Å²) in [7, 11) is -3.50. The Morgan fingerprint density at radius 2 is 1.79 bits per heavy atom. The lowest BCUT2D eigenvalue weighted by Crippen LogP contribution is -2.14. The van der Waals surface area contributed by atoms with E-state index in [9.17, 15) is 13.2 Å². The monoisotopic (exact) mass is 213 g/mol. The minimum atomic E-state index is -3.50. The Labute approximate surface area is 82.8 Å². The molecular formula is C9H11NO3S. The number of hydrogen-bond donors (Lipinski definition) is 1. The molecule has 0 saturated heterocycles. The highest BCUT2D eigenvalue weighted by atomic mass is 32.2. The third-order valence-electron chi connectivity index (χ3n) is 1.73. The summed E-state index contributed by atoms with van der Waals surface area (Å²) in [6, 6.07) is 6.34. The van der Waals surface area contributed by atoms with Gasteiger partial charge in [-0.05, 0) is 12.5 Å². The number of rotatable bonds is 3. The van der Waals surface area contributed by atoms with Crippen LogP contribution in [0.4, 0.5) is 0 Å². The number of ketones is 1. The van der Waals surface area contributed by atoms with Crippen molar-refractivity contribution in [1.29, 1.82) is 0 Å². The zero-order valence-corrected chi connectivity index (χ0v) is 8.54. The lowest BCUT2D eigenvalue weighted by Gasteiger charge is -2.00. The van der Waals surface area contributed by atoms with E-state index in [0.717, 1.165) is 0 Å². The van der Waals surface area contributed by atoms with Crippen molar-refractivity contribution in [1.82, 2.24) is 0 Å². The first-order chi connectivity index (χ1) is 6.38. The summed E-state index contributed by atoms with van der Waals surface area (Å²) in [6.45, 7) is 1.45. The van der Waals surface area contributed by atoms with Crippen molar-refractivity contribution >= 4 is 15.8 Å². The van der Waals surface area contributed by atoms with Gasteiger partial charge in [-0.1, -0.05) is 24.3 Å². The van der Waals surface area contributed by atoms with Crippen molar-refractivity contribution in [2.24, 2.45) is 5.14 Å². The molecule has 2 N–H and O–H groups in total. The van der Waals surface area contributed by atoms with Crippen LogP contribution in [-0.2, 0) is 15.8 Å². The molecular weight excluding hydrogens is 202 g/mol. The van der Waals surface area contributed by atoms with Crippen LogP contribution in [0.5, 0.6) is 0 Å². The molecule has 0 aliphatic heterocycles. The van der Waals surface area contributed by atoms with Gasteiger partial charge >= 0.3 is 0 Å². The van der Waals surface area contributed by atoms with Crippen LogP contribution in [0.3, 0.4) is 0 Å². The van der Waals surface area contributed by atoms with E-state index in [4.69, 9.17) is 5.14 Å². The van der Waals surface area contributed by atoms with E-state index in [-0.39, 0.29) is 11.5 Å². The van der Waals surface area contributed by atoms with Crippen LogP contribution >= 0.6 is 0 Å². The fourth-order valence-electron chi connectivity index (χ4n) is 1.07. The molecule has 1 rings (SSSR count). The van der Waals surface area contributed by atoms with E-state index in [1.54, 1.807) is 24.3 Å². The molecule has 0 aromatic heterocycles. The number of primary sulfonamides is 1. The van der Waals surface area contributed by atoms with Gasteiger partial charge in [0.05, 0.1) is 5.75 Å². The Balaban J connectivity index is 2.90. The second-order valence-electron chi connectivity index (χ2n) is 3.06. The van der Waals surface area contributed by atoms with Crippen LogP contribution in [0.1, 0.15) is 22.8 Å². The fourth-order valence-corrected chi connectivity index (χ4v) is 1.73. The number of Topliss-reactive ketones (excluding diaryl/α,β-unsaturated/α-hetero) is 1. The lowest BCUT2D eigenvalue weighted by atomic mass is 10.1. The zero-order chi connectivity index (χ0) is 10.8. The van der Waals surface area contributed by atoms with Gasteiger partial charge in [-0.2, -0.15) is 0 Å². The van der Waals surface area contributed by atoms with Crippen molar-refractivity contribution in [3.8, 4) is 0 Å². The molecule has 0 saturated carbocycles. The molecule has 0 amide bonds. The Kier molecular flexibility index (Phi) is 3.03. The highest BCUT2D eigenvalue weighted by Gasteiger charge is 2.05. The molecule has 0 aliphatic carbocycles. The smallest absolute Gasteiger partial charge is 0.213 e. The number of hydrogen-bond acceptors (Lipinski definition) is 3. The molecule has 0 bridgehead atoms. The second-order valence-corrected chi connectivity index (χ2v) is 4.67. The Morgan fingerprint density at radius 3 is 2.14 bits per heavy atom. The maximum atomic E-state index is 10.9. The van der Waals surface area contributed by atoms with Gasteiger partial charge in [0.2, 0.25) is 10.0 Å². The molecule has 14 heavy (non-hydrogen) atoms. The van der Waals surface area contributed by atoms with Gasteiger partial charge in [0.15, 0.2) is 5.78 Å². The van der Waals surface area contributed by atoms with Crippen LogP contribution in [-0.4, -0.2) is 14.2 Å². The Bertz CT molecular complexity index is 434. The first kappa shape index (κ1) is 10.9. The third-order valence-corrected chi connectivity index (χ3v) is 2.46. The van der Waals surface area contributed by atoms with Crippen molar-refractivity contribution in [3.05, 3.63) is 35.4 Å². The predicted molar refractivity (Wildman–Crippen MR) is 53.3 cm³/mol. The molecule has 1 aromatic carbocycles. The molecule has 76 valence electrons. The summed E-state index contributed by atoms with van der Waals surface area (Å²) in [5, 5.41) is 4.87. The summed E-state index contributed by atoms with van der Waals surface area (Å²) in [5.41, 5.74) is 1.14. The normalized spacial score (nSPS) is 11.3. The summed E-state index contributed by atoms with van der Waals surface area (Å²) < 4.78 is 21.5. The largest absolute Gasteiger partial charge is 0.295 e. The maximum absolute atomic E-state index is 10.9. The van der Waals surface area contributed by atoms with Gasteiger partial charge in [-0.25, -0.2) is 13.6 Å². The van der Waals surface area contributed by atoms with Gasteiger partial charge in [-0.3, -0.25) is 4.79 Å². The van der Waals surface area contributed by atoms with Gasteiger partial charge < -0.3 is 0 Å². The quantitative estimate of drug-likeness (QED) is 0.750. The van der Waals surface area contributed by atoms with E-state index in [1.165, 1.54) is 6.92 Å². The highest BCUT2D eigenvalue weighted by molar-refractivity contribution is 7.88. The Hall–Kier alpha value is -1.20. The predicted octanol–water partition coefficient (Wildman–Crippen LogP) is 0.678. The molecule has 0 unspecified atom stereocenters. The van der Waals surface area contributed by atoms with Crippen molar-refractivity contribution in [3.63, 3.8) is 0 Å². The van der Waals surface area contributed by atoms with Gasteiger partial charge in [-0.15, -0.1) is 0 Å². The minimum Gasteiger partial charge on any atom is -0.295 e. The summed E-state index contributed by atoms with van der Waals surface area (Å²) in [6.07, 6.45) is 0. The first-order valence-corrected chi connectivity index (χ1v) is 5.70. The molecule has 0 radical (unpaired) electrons. The van der Waals surface area contributed by atoms with E-state index >= 15 is 0 Å². The third kappa shape index (κ3) is 3.27. The van der Waals surface area contributed by atoms with Crippen LogP contribution in [0, 0.1) is 0 Å². The van der Waals surface area contributed by atoms with Gasteiger partial charge in [0.1, 0.15) is 0 Å². The Morgan fingerprint density at radius 1 is 1.29 bits per heavy atom. The molecule has 0 atom stereocenters. The number of sulfonamides is 1. The SMILES string of the molecule is CC(=O)c1ccc(CS(N)(=O)=O)cc1. The van der Waals surface area contributed by atoms with Crippen LogP contribution < -0.4 is 5.14 Å². The molecule has 1 aromatic rings. The van der Waals surface area contributed by atoms with E-state index in [0.29, 0.717) is 11.1 Å². The van der Waals surface area contributed by atoms with Crippen molar-refractivity contribution in [2.45, 2.75) is 12.7 Å². The molecule has 0 spiro atoms. The van der Waals surface area contributed by atoms with Crippen LogP contribution in [0.2, 0.25) is 0 Å². The zero-order valence-electron chi connectivity index (χ0n) is 7.73. The topological polar surface area (TPSA) is 77.2 Å². The van der Waals surface area contributed by atoms with Crippen LogP contribution in [0.15, 0.2) is 24.3 Å². The average molecular weight is 213 g/mol. The summed E-state index contributed by atoms with van der Waals surface area (Å²) >= 11 is 0. The molecule has 0 aliphatic rings. The highest BCUT2D eigenvalue weighted by Crippen LogP contribution is 2.07. The minimum absolute atomic E-state index is 0.0489. The second kappa shape index (κ2) is 3.89. The fraction of sp³-hybridized carbons (Fsp3) is 0.222. The number of benzene rings is 1. The molecule has 0 heterocycles. The van der Waals surface area contributed by atoms with Gasteiger partial charge in [0, 0.05) is 5.56 Å². The molecule has 4 nitrogen and oxygen atoms in total. The van der Waals surface area contributed by atoms with Crippen molar-refractivity contribution in [2.75, 3.05) is 0 Å². The molecule has 5 heteroatoms. The average Bonchev–Trinajstić information content (AvgIpc) is 2.02.